The normalized spacial score (nSPS) is 18.4. The third kappa shape index (κ3) is 2.06. The van der Waals surface area contributed by atoms with Gasteiger partial charge in [0.15, 0.2) is 0 Å². The van der Waals surface area contributed by atoms with E-state index in [2.05, 4.69) is 61.6 Å². The average Bonchev–Trinajstić information content (AvgIpc) is 2.37. The highest BCUT2D eigenvalue weighted by atomic mass is 14.9. The van der Waals surface area contributed by atoms with Gasteiger partial charge in [-0.25, -0.2) is 0 Å². The number of aryl methyl sites for hydroxylation is 2. The van der Waals surface area contributed by atoms with Crippen LogP contribution in [0.2, 0.25) is 0 Å². The molecule has 0 radical (unpaired) electrons. The lowest BCUT2D eigenvalue weighted by atomic mass is 9.88. The number of hydrogen-bond donors (Lipinski definition) is 1. The molecule has 0 bridgehead atoms. The maximum Gasteiger partial charge on any atom is 0.0579 e. The molecule has 0 saturated carbocycles. The van der Waals surface area contributed by atoms with Crippen molar-refractivity contribution in [2.24, 2.45) is 0 Å². The van der Waals surface area contributed by atoms with E-state index in [1.54, 1.807) is 0 Å². The minimum absolute atomic E-state index is 0.356. The standard InChI is InChI=1S/C17H19N/c1-12-4-3-5-15(11-12)17-16-7-6-13(2)10-14(16)8-9-18-17/h3-7,10-11,17-18H,8-9H2,1-2H3. The summed E-state index contributed by atoms with van der Waals surface area (Å²) in [7, 11) is 0. The highest BCUT2D eigenvalue weighted by Crippen LogP contribution is 2.29. The van der Waals surface area contributed by atoms with Crippen molar-refractivity contribution >= 4 is 0 Å². The van der Waals surface area contributed by atoms with E-state index in [0.29, 0.717) is 6.04 Å². The summed E-state index contributed by atoms with van der Waals surface area (Å²) in [5.41, 5.74) is 7.00. The van der Waals surface area contributed by atoms with E-state index < -0.39 is 0 Å². The summed E-state index contributed by atoms with van der Waals surface area (Å²) in [6.45, 7) is 5.39. The Labute approximate surface area is 109 Å². The summed E-state index contributed by atoms with van der Waals surface area (Å²) >= 11 is 0. The van der Waals surface area contributed by atoms with Crippen LogP contribution in [0, 0.1) is 13.8 Å². The molecule has 1 atom stereocenters. The predicted octanol–water partition coefficient (Wildman–Crippen LogP) is 3.54. The zero-order chi connectivity index (χ0) is 12.5. The molecule has 0 aromatic heterocycles. The van der Waals surface area contributed by atoms with Crippen LogP contribution in [0.3, 0.4) is 0 Å². The Morgan fingerprint density at radius 3 is 2.67 bits per heavy atom. The average molecular weight is 237 g/mol. The molecule has 1 N–H and O–H groups in total. The molecular weight excluding hydrogens is 218 g/mol. The van der Waals surface area contributed by atoms with Crippen LogP contribution in [0.5, 0.6) is 0 Å². The first-order valence-corrected chi connectivity index (χ1v) is 6.63. The van der Waals surface area contributed by atoms with Crippen LogP contribution in [0.25, 0.3) is 0 Å². The van der Waals surface area contributed by atoms with Crippen molar-refractivity contribution in [3.63, 3.8) is 0 Å². The molecule has 3 rings (SSSR count). The Morgan fingerprint density at radius 1 is 1.00 bits per heavy atom. The molecule has 0 fully saturated rings. The Kier molecular flexibility index (Phi) is 2.92. The quantitative estimate of drug-likeness (QED) is 0.800. The van der Waals surface area contributed by atoms with E-state index in [9.17, 15) is 0 Å². The minimum Gasteiger partial charge on any atom is -0.306 e. The lowest BCUT2D eigenvalue weighted by Gasteiger charge is -2.28. The summed E-state index contributed by atoms with van der Waals surface area (Å²) in [6, 6.07) is 16.0. The molecule has 2 aromatic carbocycles. The first kappa shape index (κ1) is 11.5. The molecule has 0 aliphatic carbocycles. The molecule has 1 aliphatic heterocycles. The molecule has 0 saturated heterocycles. The zero-order valence-electron chi connectivity index (χ0n) is 11.0. The smallest absolute Gasteiger partial charge is 0.0579 e. The van der Waals surface area contributed by atoms with E-state index in [0.717, 1.165) is 13.0 Å². The van der Waals surface area contributed by atoms with Crippen molar-refractivity contribution < 1.29 is 0 Å². The van der Waals surface area contributed by atoms with Gasteiger partial charge >= 0.3 is 0 Å². The SMILES string of the molecule is Cc1cccc(C2NCCc3cc(C)ccc32)c1. The molecule has 2 aromatic rings. The molecule has 1 nitrogen and oxygen atoms in total. The maximum absolute atomic E-state index is 3.64. The van der Waals surface area contributed by atoms with Gasteiger partial charge in [0.2, 0.25) is 0 Å². The predicted molar refractivity (Wildman–Crippen MR) is 75.9 cm³/mol. The van der Waals surface area contributed by atoms with E-state index in [1.165, 1.54) is 27.8 Å². The third-order valence-corrected chi connectivity index (χ3v) is 3.73. The van der Waals surface area contributed by atoms with Crippen LogP contribution >= 0.6 is 0 Å². The van der Waals surface area contributed by atoms with Crippen LogP contribution in [0.1, 0.15) is 33.9 Å². The second-order valence-electron chi connectivity index (χ2n) is 5.25. The Hall–Kier alpha value is -1.60. The number of fused-ring (bicyclic) bond motifs is 1. The first-order chi connectivity index (χ1) is 8.74. The third-order valence-electron chi connectivity index (χ3n) is 3.73. The fourth-order valence-electron chi connectivity index (χ4n) is 2.84. The van der Waals surface area contributed by atoms with E-state index in [-0.39, 0.29) is 0 Å². The van der Waals surface area contributed by atoms with Crippen LogP contribution in [0.15, 0.2) is 42.5 Å². The summed E-state index contributed by atoms with van der Waals surface area (Å²) in [6.07, 6.45) is 1.14. The Bertz CT molecular complexity index is 572. The Balaban J connectivity index is 2.06. The minimum atomic E-state index is 0.356. The van der Waals surface area contributed by atoms with Crippen LogP contribution in [0.4, 0.5) is 0 Å². The monoisotopic (exact) mass is 237 g/mol. The molecular formula is C17H19N. The molecule has 1 heterocycles. The van der Waals surface area contributed by atoms with Gasteiger partial charge in [-0.1, -0.05) is 53.6 Å². The van der Waals surface area contributed by atoms with Crippen LogP contribution < -0.4 is 5.32 Å². The lowest BCUT2D eigenvalue weighted by Crippen LogP contribution is -2.30. The largest absolute Gasteiger partial charge is 0.306 e. The van der Waals surface area contributed by atoms with Gasteiger partial charge in [-0.15, -0.1) is 0 Å². The van der Waals surface area contributed by atoms with Crippen molar-refractivity contribution in [2.75, 3.05) is 6.54 Å². The van der Waals surface area contributed by atoms with Gasteiger partial charge in [0.25, 0.3) is 0 Å². The van der Waals surface area contributed by atoms with E-state index in [4.69, 9.17) is 0 Å². The van der Waals surface area contributed by atoms with E-state index in [1.807, 2.05) is 0 Å². The lowest BCUT2D eigenvalue weighted by molar-refractivity contribution is 0.567. The maximum atomic E-state index is 3.64. The number of rotatable bonds is 1. The highest BCUT2D eigenvalue weighted by Gasteiger charge is 2.20. The zero-order valence-corrected chi connectivity index (χ0v) is 11.0. The van der Waals surface area contributed by atoms with Gasteiger partial charge in [-0.3, -0.25) is 0 Å². The molecule has 18 heavy (non-hydrogen) atoms. The van der Waals surface area contributed by atoms with Gasteiger partial charge in [-0.05, 0) is 37.0 Å². The van der Waals surface area contributed by atoms with Crippen molar-refractivity contribution in [1.82, 2.24) is 5.32 Å². The topological polar surface area (TPSA) is 12.0 Å². The van der Waals surface area contributed by atoms with E-state index >= 15 is 0 Å². The van der Waals surface area contributed by atoms with Crippen molar-refractivity contribution in [1.29, 1.82) is 0 Å². The second kappa shape index (κ2) is 4.58. The summed E-state index contributed by atoms with van der Waals surface area (Å²) in [4.78, 5) is 0. The Morgan fingerprint density at radius 2 is 1.83 bits per heavy atom. The van der Waals surface area contributed by atoms with Gasteiger partial charge in [0.1, 0.15) is 0 Å². The van der Waals surface area contributed by atoms with Gasteiger partial charge in [0, 0.05) is 6.54 Å². The highest BCUT2D eigenvalue weighted by molar-refractivity contribution is 5.42. The summed E-state index contributed by atoms with van der Waals surface area (Å²) < 4.78 is 0. The van der Waals surface area contributed by atoms with Gasteiger partial charge in [0.05, 0.1) is 6.04 Å². The first-order valence-electron chi connectivity index (χ1n) is 6.63. The molecule has 1 unspecified atom stereocenters. The van der Waals surface area contributed by atoms with Crippen molar-refractivity contribution in [3.05, 3.63) is 70.3 Å². The number of hydrogen-bond acceptors (Lipinski definition) is 1. The fraction of sp³-hybridized carbons (Fsp3) is 0.294. The summed E-state index contributed by atoms with van der Waals surface area (Å²) in [5.74, 6) is 0. The molecule has 0 spiro atoms. The molecule has 1 heteroatoms. The molecule has 0 amide bonds. The second-order valence-corrected chi connectivity index (χ2v) is 5.25. The van der Waals surface area contributed by atoms with Crippen LogP contribution in [-0.2, 0) is 6.42 Å². The van der Waals surface area contributed by atoms with Gasteiger partial charge in [-0.2, -0.15) is 0 Å². The molecule has 92 valence electrons. The summed E-state index contributed by atoms with van der Waals surface area (Å²) in [5, 5.41) is 3.64. The number of nitrogens with one attached hydrogen (secondary N) is 1. The van der Waals surface area contributed by atoms with Gasteiger partial charge < -0.3 is 5.32 Å². The molecule has 1 aliphatic rings. The van der Waals surface area contributed by atoms with Crippen molar-refractivity contribution in [3.8, 4) is 0 Å². The van der Waals surface area contributed by atoms with Crippen molar-refractivity contribution in [2.45, 2.75) is 26.3 Å². The fourth-order valence-corrected chi connectivity index (χ4v) is 2.84. The number of benzene rings is 2. The van der Waals surface area contributed by atoms with Crippen LogP contribution in [-0.4, -0.2) is 6.54 Å².